The van der Waals surface area contributed by atoms with Crippen LogP contribution in [0.2, 0.25) is 0 Å². The minimum Gasteiger partial charge on any atom is -0.370 e. The highest BCUT2D eigenvalue weighted by Crippen LogP contribution is 2.16. The lowest BCUT2D eigenvalue weighted by atomic mass is 10.2. The molecule has 120 valence electrons. The summed E-state index contributed by atoms with van der Waals surface area (Å²) in [4.78, 5) is 16.3. The number of hydrogen-bond acceptors (Lipinski definition) is 3. The van der Waals surface area contributed by atoms with Crippen LogP contribution in [0.5, 0.6) is 0 Å². The van der Waals surface area contributed by atoms with E-state index in [1.54, 1.807) is 0 Å². The summed E-state index contributed by atoms with van der Waals surface area (Å²) in [6.45, 7) is 4.21. The number of nitrogens with two attached hydrogens (primary N) is 1. The van der Waals surface area contributed by atoms with E-state index in [1.807, 2.05) is 11.0 Å². The predicted molar refractivity (Wildman–Crippen MR) is 92.6 cm³/mol. The van der Waals surface area contributed by atoms with Crippen LogP contribution in [0.1, 0.15) is 19.3 Å². The second-order valence-electron chi connectivity index (χ2n) is 4.95. The molecule has 1 fully saturated rings. The maximum absolute atomic E-state index is 12.0. The lowest BCUT2D eigenvalue weighted by Gasteiger charge is -2.23. The van der Waals surface area contributed by atoms with Crippen LogP contribution in [-0.4, -0.2) is 43.5 Å². The van der Waals surface area contributed by atoms with Crippen LogP contribution in [0.25, 0.3) is 0 Å². The average Bonchev–Trinajstić information content (AvgIpc) is 2.71. The zero-order valence-electron chi connectivity index (χ0n) is 12.2. The zero-order valence-corrected chi connectivity index (χ0v) is 13.9. The monoisotopic (exact) mass is 333 g/mol. The van der Waals surface area contributed by atoms with Crippen LogP contribution < -0.4 is 10.6 Å². The van der Waals surface area contributed by atoms with Gasteiger partial charge in [-0.1, -0.05) is 18.2 Å². The molecule has 1 saturated heterocycles. The van der Waals surface area contributed by atoms with E-state index in [0.29, 0.717) is 13.0 Å². The van der Waals surface area contributed by atoms with Gasteiger partial charge in [0, 0.05) is 38.3 Å². The number of rotatable bonds is 4. The molecule has 0 bridgehead atoms. The van der Waals surface area contributed by atoms with Gasteiger partial charge in [-0.2, -0.15) is 0 Å². The van der Waals surface area contributed by atoms with Gasteiger partial charge in [0.2, 0.25) is 5.91 Å². The van der Waals surface area contributed by atoms with E-state index in [4.69, 9.17) is 5.73 Å². The van der Waals surface area contributed by atoms with Gasteiger partial charge in [0.15, 0.2) is 0 Å². The molecule has 0 aliphatic carbocycles. The molecule has 0 atom stereocenters. The fourth-order valence-corrected chi connectivity index (χ4v) is 2.48. The van der Waals surface area contributed by atoms with Crippen molar-refractivity contribution in [1.82, 2.24) is 4.90 Å². The Morgan fingerprint density at radius 3 is 2.43 bits per heavy atom. The third-order valence-electron chi connectivity index (χ3n) is 3.56. The highest BCUT2D eigenvalue weighted by Gasteiger charge is 2.18. The van der Waals surface area contributed by atoms with Crippen LogP contribution in [0.3, 0.4) is 0 Å². The molecule has 0 spiro atoms. The molecule has 1 amide bonds. The highest BCUT2D eigenvalue weighted by molar-refractivity contribution is 5.85. The first-order valence-corrected chi connectivity index (χ1v) is 7.09. The lowest BCUT2D eigenvalue weighted by molar-refractivity contribution is -0.131. The quantitative estimate of drug-likeness (QED) is 0.919. The smallest absolute Gasteiger partial charge is 0.222 e. The molecule has 1 heterocycles. The molecule has 1 aromatic rings. The third kappa shape index (κ3) is 6.12. The standard InChI is InChI=1S/C15H23N3O.2ClH/c16-9-4-8-15(19)18-11-5-10-17(12-13-18)14-6-2-1-3-7-14;;/h1-3,6-7H,4-5,8-13,16H2;2*1H. The Morgan fingerprint density at radius 2 is 1.76 bits per heavy atom. The number of carbonyl (C=O) groups is 1. The van der Waals surface area contributed by atoms with Gasteiger partial charge in [-0.3, -0.25) is 4.79 Å². The van der Waals surface area contributed by atoms with E-state index in [9.17, 15) is 4.79 Å². The number of halogens is 2. The van der Waals surface area contributed by atoms with Crippen molar-refractivity contribution in [2.24, 2.45) is 5.73 Å². The molecule has 6 heteroatoms. The van der Waals surface area contributed by atoms with Crippen molar-refractivity contribution in [3.63, 3.8) is 0 Å². The molecule has 1 aliphatic heterocycles. The first-order chi connectivity index (χ1) is 9.31. The SMILES string of the molecule is Cl.Cl.NCCCC(=O)N1CCCN(c2ccccc2)CC1. The van der Waals surface area contributed by atoms with Gasteiger partial charge in [-0.25, -0.2) is 0 Å². The number of anilines is 1. The Hall–Kier alpha value is -0.970. The van der Waals surface area contributed by atoms with Gasteiger partial charge < -0.3 is 15.5 Å². The molecule has 0 radical (unpaired) electrons. The van der Waals surface area contributed by atoms with Crippen molar-refractivity contribution in [1.29, 1.82) is 0 Å². The molecule has 4 nitrogen and oxygen atoms in total. The zero-order chi connectivity index (χ0) is 13.5. The second kappa shape index (κ2) is 10.7. The van der Waals surface area contributed by atoms with Gasteiger partial charge >= 0.3 is 0 Å². The molecule has 2 N–H and O–H groups in total. The van der Waals surface area contributed by atoms with Crippen molar-refractivity contribution >= 4 is 36.4 Å². The summed E-state index contributed by atoms with van der Waals surface area (Å²) in [7, 11) is 0. The number of para-hydroxylation sites is 1. The van der Waals surface area contributed by atoms with Crippen LogP contribution in [0.15, 0.2) is 30.3 Å². The molecule has 0 unspecified atom stereocenters. The maximum Gasteiger partial charge on any atom is 0.222 e. The lowest BCUT2D eigenvalue weighted by Crippen LogP contribution is -2.35. The minimum atomic E-state index is 0. The Kier molecular flexibility index (Phi) is 10.2. The molecular formula is C15H25Cl2N3O. The second-order valence-corrected chi connectivity index (χ2v) is 4.95. The third-order valence-corrected chi connectivity index (χ3v) is 3.56. The van der Waals surface area contributed by atoms with Crippen LogP contribution in [0, 0.1) is 0 Å². The molecular weight excluding hydrogens is 309 g/mol. The van der Waals surface area contributed by atoms with Crippen molar-refractivity contribution in [3.05, 3.63) is 30.3 Å². The molecule has 2 rings (SSSR count). The Labute approximate surface area is 139 Å². The molecule has 1 aromatic carbocycles. The van der Waals surface area contributed by atoms with Gasteiger partial charge in [0.25, 0.3) is 0 Å². The molecule has 0 saturated carbocycles. The van der Waals surface area contributed by atoms with E-state index >= 15 is 0 Å². The number of benzene rings is 1. The molecule has 1 aliphatic rings. The predicted octanol–water partition coefficient (Wildman–Crippen LogP) is 2.31. The Morgan fingerprint density at radius 1 is 1.05 bits per heavy atom. The number of hydrogen-bond donors (Lipinski definition) is 1. The van der Waals surface area contributed by atoms with Gasteiger partial charge in [-0.15, -0.1) is 24.8 Å². The van der Waals surface area contributed by atoms with E-state index in [0.717, 1.165) is 39.0 Å². The topological polar surface area (TPSA) is 49.6 Å². The van der Waals surface area contributed by atoms with Crippen LogP contribution in [0.4, 0.5) is 5.69 Å². The van der Waals surface area contributed by atoms with Gasteiger partial charge in [0.05, 0.1) is 0 Å². The summed E-state index contributed by atoms with van der Waals surface area (Å²) in [6.07, 6.45) is 2.41. The van der Waals surface area contributed by atoms with Gasteiger partial charge in [-0.05, 0) is 31.5 Å². The maximum atomic E-state index is 12.0. The highest BCUT2D eigenvalue weighted by atomic mass is 35.5. The van der Waals surface area contributed by atoms with E-state index < -0.39 is 0 Å². The Bertz CT molecular complexity index is 403. The van der Waals surface area contributed by atoms with E-state index in [1.165, 1.54) is 5.69 Å². The fourth-order valence-electron chi connectivity index (χ4n) is 2.48. The van der Waals surface area contributed by atoms with Crippen molar-refractivity contribution in [3.8, 4) is 0 Å². The summed E-state index contributed by atoms with van der Waals surface area (Å²) in [5, 5.41) is 0. The minimum absolute atomic E-state index is 0. The van der Waals surface area contributed by atoms with Crippen LogP contribution in [-0.2, 0) is 4.79 Å². The first-order valence-electron chi connectivity index (χ1n) is 7.09. The van der Waals surface area contributed by atoms with Crippen molar-refractivity contribution < 1.29 is 4.79 Å². The fraction of sp³-hybridized carbons (Fsp3) is 0.533. The molecule has 21 heavy (non-hydrogen) atoms. The largest absolute Gasteiger partial charge is 0.370 e. The molecule has 0 aromatic heterocycles. The Balaban J connectivity index is 0.00000200. The summed E-state index contributed by atoms with van der Waals surface area (Å²) in [5.74, 6) is 0.250. The van der Waals surface area contributed by atoms with Crippen molar-refractivity contribution in [2.45, 2.75) is 19.3 Å². The summed E-state index contributed by atoms with van der Waals surface area (Å²) >= 11 is 0. The first kappa shape index (κ1) is 20.0. The number of nitrogens with zero attached hydrogens (tertiary/aromatic N) is 2. The van der Waals surface area contributed by atoms with E-state index in [2.05, 4.69) is 29.2 Å². The summed E-state index contributed by atoms with van der Waals surface area (Å²) < 4.78 is 0. The average molecular weight is 334 g/mol. The van der Waals surface area contributed by atoms with Crippen molar-refractivity contribution in [2.75, 3.05) is 37.6 Å². The van der Waals surface area contributed by atoms with Crippen LogP contribution >= 0.6 is 24.8 Å². The van der Waals surface area contributed by atoms with E-state index in [-0.39, 0.29) is 30.7 Å². The van der Waals surface area contributed by atoms with Gasteiger partial charge in [0.1, 0.15) is 0 Å². The normalized spacial score (nSPS) is 14.7. The summed E-state index contributed by atoms with van der Waals surface area (Å²) in [6, 6.07) is 10.4. The number of carbonyl (C=O) groups excluding carboxylic acids is 1. The number of amides is 1. The summed E-state index contributed by atoms with van der Waals surface area (Å²) in [5.41, 5.74) is 6.71.